The van der Waals surface area contributed by atoms with Gasteiger partial charge in [0.1, 0.15) is 0 Å². The number of benzene rings is 1. The number of nitrogens with one attached hydrogen (secondary N) is 1. The summed E-state index contributed by atoms with van der Waals surface area (Å²) in [5.41, 5.74) is 3.07. The normalized spacial score (nSPS) is 17.3. The second-order valence-electron chi connectivity index (χ2n) is 9.28. The van der Waals surface area contributed by atoms with Gasteiger partial charge in [-0.15, -0.1) is 12.4 Å². The Balaban J connectivity index is 0.00000116. The van der Waals surface area contributed by atoms with Crippen LogP contribution < -0.4 is 5.32 Å². The van der Waals surface area contributed by atoms with Gasteiger partial charge in [0.2, 0.25) is 6.41 Å². The summed E-state index contributed by atoms with van der Waals surface area (Å²) >= 11 is 0. The molecule has 10 nitrogen and oxygen atoms in total. The fourth-order valence-corrected chi connectivity index (χ4v) is 4.94. The number of rotatable bonds is 11. The largest absolute Gasteiger partial charge is 0.466 e. The Morgan fingerprint density at radius 1 is 1.13 bits per heavy atom. The number of esters is 1. The number of likely N-dealkylation sites (tertiary alicyclic amines) is 1. The average Bonchev–Trinajstić information content (AvgIpc) is 2.92. The molecular weight excluding hydrogens is 524 g/mol. The number of dihydropyridines is 1. The molecule has 2 heterocycles. The Morgan fingerprint density at radius 2 is 1.74 bits per heavy atom. The Labute approximate surface area is 238 Å². The van der Waals surface area contributed by atoms with Gasteiger partial charge in [0.25, 0.3) is 5.69 Å². The van der Waals surface area contributed by atoms with Crippen LogP contribution >= 0.6 is 12.4 Å². The first kappa shape index (κ1) is 34.1. The van der Waals surface area contributed by atoms with Gasteiger partial charge >= 0.3 is 5.97 Å². The van der Waals surface area contributed by atoms with Crippen molar-refractivity contribution < 1.29 is 24.0 Å². The molecule has 218 valence electrons. The molecule has 1 atom stereocenters. The molecule has 0 radical (unpaired) electrons. The number of hydrogen-bond acceptors (Lipinski definition) is 8. The molecule has 1 N–H and O–H groups in total. The number of hydrogen-bond donors (Lipinski definition) is 1. The maximum Gasteiger partial charge on any atom is 0.336 e. The van der Waals surface area contributed by atoms with Gasteiger partial charge in [-0.05, 0) is 72.2 Å². The van der Waals surface area contributed by atoms with Gasteiger partial charge in [-0.2, -0.15) is 0 Å². The summed E-state index contributed by atoms with van der Waals surface area (Å²) in [5, 5.41) is 14.3. The van der Waals surface area contributed by atoms with Crippen molar-refractivity contribution in [3.63, 3.8) is 0 Å². The molecule has 3 rings (SSSR count). The zero-order valence-corrected chi connectivity index (χ0v) is 24.6. The van der Waals surface area contributed by atoms with E-state index in [0.29, 0.717) is 29.1 Å². The number of carbonyl (C=O) groups excluding carboxylic acids is 2. The number of allylic oxidation sites excluding steroid dienone is 3. The first-order valence-electron chi connectivity index (χ1n) is 13.3. The van der Waals surface area contributed by atoms with Gasteiger partial charge in [-0.3, -0.25) is 14.9 Å². The van der Waals surface area contributed by atoms with Crippen LogP contribution in [0.25, 0.3) is 0 Å². The fourth-order valence-electron chi connectivity index (χ4n) is 4.94. The standard InChI is InChI=1S/C24H32N4O5.C4H10O.ClH/c1-17-21(24(30)33-3)22(19-8-10-20(11-9-19)28(31)32)23(18(2)25-17)27(16-29)15-7-14-26-12-5-4-6-13-26;1-3-5-4-2;/h8-11,16,22,25H,4-7,12-15H2,1-3H3;3-4H2,1-2H3;1H. The number of ether oxygens (including phenoxy) is 2. The molecule has 0 aromatic heterocycles. The molecule has 1 aromatic carbocycles. The van der Waals surface area contributed by atoms with E-state index in [1.54, 1.807) is 24.0 Å². The first-order valence-corrected chi connectivity index (χ1v) is 13.3. The number of amides is 1. The van der Waals surface area contributed by atoms with E-state index < -0.39 is 16.8 Å². The Bertz CT molecular complexity index is 1000. The van der Waals surface area contributed by atoms with Crippen molar-refractivity contribution in [1.29, 1.82) is 0 Å². The molecule has 0 aliphatic carbocycles. The Kier molecular flexibility index (Phi) is 15.4. The highest BCUT2D eigenvalue weighted by Gasteiger charge is 2.36. The molecule has 1 saturated heterocycles. The van der Waals surface area contributed by atoms with Crippen molar-refractivity contribution in [2.45, 2.75) is 59.3 Å². The fraction of sp³-hybridized carbons (Fsp3) is 0.571. The van der Waals surface area contributed by atoms with Gasteiger partial charge in [0.15, 0.2) is 0 Å². The number of carbonyl (C=O) groups is 2. The Morgan fingerprint density at radius 3 is 2.23 bits per heavy atom. The minimum Gasteiger partial charge on any atom is -0.466 e. The predicted molar refractivity (Wildman–Crippen MR) is 153 cm³/mol. The van der Waals surface area contributed by atoms with Crippen molar-refractivity contribution in [2.75, 3.05) is 46.5 Å². The van der Waals surface area contributed by atoms with Crippen LogP contribution in [0.15, 0.2) is 46.9 Å². The summed E-state index contributed by atoms with van der Waals surface area (Å²) in [7, 11) is 1.32. The molecule has 0 saturated carbocycles. The summed E-state index contributed by atoms with van der Waals surface area (Å²) < 4.78 is 9.88. The zero-order valence-electron chi connectivity index (χ0n) is 23.7. The summed E-state index contributed by atoms with van der Waals surface area (Å²) in [6, 6.07) is 6.09. The molecule has 2 aliphatic rings. The molecule has 39 heavy (non-hydrogen) atoms. The zero-order chi connectivity index (χ0) is 28.1. The number of methoxy groups -OCH3 is 1. The van der Waals surface area contributed by atoms with E-state index in [4.69, 9.17) is 9.47 Å². The molecule has 0 bridgehead atoms. The van der Waals surface area contributed by atoms with Crippen LogP contribution in [0.2, 0.25) is 0 Å². The highest BCUT2D eigenvalue weighted by atomic mass is 35.5. The van der Waals surface area contributed by atoms with Gasteiger partial charge in [0.05, 0.1) is 29.2 Å². The van der Waals surface area contributed by atoms with E-state index >= 15 is 0 Å². The van der Waals surface area contributed by atoms with Crippen LogP contribution in [0.5, 0.6) is 0 Å². The van der Waals surface area contributed by atoms with Gasteiger partial charge in [-0.25, -0.2) is 4.79 Å². The lowest BCUT2D eigenvalue weighted by atomic mass is 9.83. The minimum atomic E-state index is -0.584. The van der Waals surface area contributed by atoms with Crippen molar-refractivity contribution in [3.05, 3.63) is 62.6 Å². The maximum absolute atomic E-state index is 12.8. The number of non-ortho nitro benzene ring substituents is 1. The van der Waals surface area contributed by atoms with Crippen molar-refractivity contribution in [2.24, 2.45) is 0 Å². The number of nitrogens with zero attached hydrogens (tertiary/aromatic N) is 3. The van der Waals surface area contributed by atoms with Crippen molar-refractivity contribution in [1.82, 2.24) is 15.1 Å². The van der Waals surface area contributed by atoms with E-state index in [2.05, 4.69) is 10.2 Å². The van der Waals surface area contributed by atoms with Crippen LogP contribution in [-0.4, -0.2) is 73.6 Å². The SMILES string of the molecule is CCOCC.COC(=O)C1=C(C)NC(C)=C(N(C=O)CCCN2CCCCC2)C1c1ccc([N+](=O)[O-])cc1.Cl. The summed E-state index contributed by atoms with van der Waals surface area (Å²) in [5.74, 6) is -1.09. The molecule has 1 amide bonds. The highest BCUT2D eigenvalue weighted by molar-refractivity contribution is 5.92. The summed E-state index contributed by atoms with van der Waals surface area (Å²) in [6.07, 6.45) is 5.29. The highest BCUT2D eigenvalue weighted by Crippen LogP contribution is 2.40. The molecule has 0 spiro atoms. The molecule has 2 aliphatic heterocycles. The lowest BCUT2D eigenvalue weighted by Crippen LogP contribution is -2.38. The Hall–Kier alpha value is -2.95. The van der Waals surface area contributed by atoms with Gasteiger partial charge < -0.3 is 24.6 Å². The first-order chi connectivity index (χ1) is 18.3. The van der Waals surface area contributed by atoms with Crippen LogP contribution in [0.1, 0.15) is 64.9 Å². The minimum absolute atomic E-state index is 0. The lowest BCUT2D eigenvalue weighted by Gasteiger charge is -2.36. The van der Waals surface area contributed by atoms with Crippen molar-refractivity contribution >= 4 is 30.5 Å². The topological polar surface area (TPSA) is 114 Å². The number of nitro benzene ring substituents is 1. The molecule has 1 fully saturated rings. The molecule has 11 heteroatoms. The third kappa shape index (κ3) is 9.63. The van der Waals surface area contributed by atoms with E-state index in [1.807, 2.05) is 20.8 Å². The number of nitro groups is 1. The van der Waals surface area contributed by atoms with Gasteiger partial charge in [-0.1, -0.05) is 18.6 Å². The van der Waals surface area contributed by atoms with Crippen LogP contribution in [0.4, 0.5) is 5.69 Å². The quantitative estimate of drug-likeness (QED) is 0.176. The molecule has 1 unspecified atom stereocenters. The second kappa shape index (κ2) is 17.6. The van der Waals surface area contributed by atoms with E-state index in [0.717, 1.165) is 51.4 Å². The lowest BCUT2D eigenvalue weighted by molar-refractivity contribution is -0.384. The smallest absolute Gasteiger partial charge is 0.336 e. The van der Waals surface area contributed by atoms with Crippen LogP contribution in [0.3, 0.4) is 0 Å². The van der Waals surface area contributed by atoms with Gasteiger partial charge in [0, 0.05) is 43.3 Å². The maximum atomic E-state index is 12.8. The third-order valence-corrected chi connectivity index (χ3v) is 6.73. The number of halogens is 1. The number of piperidine rings is 1. The average molecular weight is 567 g/mol. The van der Waals surface area contributed by atoms with E-state index in [1.165, 1.54) is 38.5 Å². The molecule has 1 aromatic rings. The van der Waals surface area contributed by atoms with Crippen LogP contribution in [0, 0.1) is 10.1 Å². The monoisotopic (exact) mass is 566 g/mol. The van der Waals surface area contributed by atoms with E-state index in [9.17, 15) is 19.7 Å². The third-order valence-electron chi connectivity index (χ3n) is 6.73. The summed E-state index contributed by atoms with van der Waals surface area (Å²) in [6.45, 7) is 12.9. The van der Waals surface area contributed by atoms with E-state index in [-0.39, 0.29) is 18.1 Å². The second-order valence-corrected chi connectivity index (χ2v) is 9.28. The predicted octanol–water partition coefficient (Wildman–Crippen LogP) is 4.76. The van der Waals surface area contributed by atoms with Crippen LogP contribution in [-0.2, 0) is 19.1 Å². The van der Waals surface area contributed by atoms with Crippen molar-refractivity contribution in [3.8, 4) is 0 Å². The summed E-state index contributed by atoms with van der Waals surface area (Å²) in [4.78, 5) is 39.7. The molecular formula is C28H43ClN4O6.